The molecule has 1 aromatic carbocycles. The van der Waals surface area contributed by atoms with E-state index in [4.69, 9.17) is 26.6 Å². The maximum atomic E-state index is 6.97. The van der Waals surface area contributed by atoms with Crippen LogP contribution in [0, 0.1) is 0 Å². The van der Waals surface area contributed by atoms with E-state index in [1.807, 2.05) is 115 Å². The summed E-state index contributed by atoms with van der Waals surface area (Å²) in [7, 11) is 7.83. The van der Waals surface area contributed by atoms with Gasteiger partial charge in [0.2, 0.25) is 0 Å². The summed E-state index contributed by atoms with van der Waals surface area (Å²) in [6.45, 7) is 0. The third-order valence-corrected chi connectivity index (χ3v) is 6.79. The van der Waals surface area contributed by atoms with Crippen molar-refractivity contribution in [2.45, 2.75) is 0 Å². The van der Waals surface area contributed by atoms with Gasteiger partial charge in [-0.3, -0.25) is 0 Å². The van der Waals surface area contributed by atoms with Gasteiger partial charge in [0.15, 0.2) is 0 Å². The average molecular weight is 537 g/mol. The molecule has 8 bridgehead atoms. The van der Waals surface area contributed by atoms with Crippen LogP contribution in [-0.2, 0) is 0 Å². The van der Waals surface area contributed by atoms with Gasteiger partial charge in [0.25, 0.3) is 0 Å². The van der Waals surface area contributed by atoms with Crippen LogP contribution in [0.3, 0.4) is 0 Å². The molecule has 0 saturated heterocycles. The third-order valence-electron chi connectivity index (χ3n) is 5.94. The van der Waals surface area contributed by atoms with Gasteiger partial charge in [-0.25, -0.2) is 15.0 Å². The SMILES string of the molecule is CN1c2cccc(n2)N(C)c2cccc(n2)N(C)c2cc(Br)cc(c2Cl)N(C)c2cccc1n2. The van der Waals surface area contributed by atoms with Gasteiger partial charge in [-0.05, 0) is 48.5 Å². The first-order valence-electron chi connectivity index (χ1n) is 10.7. The minimum atomic E-state index is 0.605. The zero-order valence-corrected chi connectivity index (χ0v) is 21.6. The number of hydrogen-bond donors (Lipinski definition) is 0. The van der Waals surface area contributed by atoms with Crippen molar-refractivity contribution in [1.82, 2.24) is 15.0 Å². The molecule has 172 valence electrons. The Morgan fingerprint density at radius 1 is 0.559 bits per heavy atom. The standard InChI is InChI=1S/C25H23BrClN7/c1-31-17-14-16(26)15-18(25(17)27)32(2)20-9-6-11-22(29-20)34(4)24-13-7-12-23(30-24)33(3)21-10-5-8-19(31)28-21/h5-15H,1-4H3. The van der Waals surface area contributed by atoms with Crippen molar-refractivity contribution in [2.24, 2.45) is 0 Å². The maximum absolute atomic E-state index is 6.97. The molecule has 0 saturated carbocycles. The molecule has 3 aromatic heterocycles. The van der Waals surface area contributed by atoms with Crippen LogP contribution < -0.4 is 19.6 Å². The number of hydrogen-bond acceptors (Lipinski definition) is 7. The van der Waals surface area contributed by atoms with Gasteiger partial charge in [-0.2, -0.15) is 0 Å². The lowest BCUT2D eigenvalue weighted by molar-refractivity contribution is 1.02. The van der Waals surface area contributed by atoms with Crippen molar-refractivity contribution in [3.05, 3.63) is 76.2 Å². The Balaban J connectivity index is 1.77. The van der Waals surface area contributed by atoms with E-state index in [-0.39, 0.29) is 0 Å². The molecule has 0 amide bonds. The van der Waals surface area contributed by atoms with Gasteiger partial charge < -0.3 is 19.6 Å². The molecular formula is C25H23BrClN7. The van der Waals surface area contributed by atoms with Crippen LogP contribution in [0.4, 0.5) is 46.3 Å². The highest BCUT2D eigenvalue weighted by molar-refractivity contribution is 9.10. The summed E-state index contributed by atoms with van der Waals surface area (Å²) in [6, 6.07) is 21.7. The fraction of sp³-hybridized carbons (Fsp3) is 0.160. The van der Waals surface area contributed by atoms with Crippen LogP contribution in [0.2, 0.25) is 5.02 Å². The predicted octanol–water partition coefficient (Wildman–Crippen LogP) is 6.67. The monoisotopic (exact) mass is 535 g/mol. The highest BCUT2D eigenvalue weighted by Crippen LogP contribution is 2.42. The number of halogens is 2. The molecule has 0 spiro atoms. The predicted molar refractivity (Wildman–Crippen MR) is 144 cm³/mol. The van der Waals surface area contributed by atoms with Crippen LogP contribution in [0.1, 0.15) is 0 Å². The van der Waals surface area contributed by atoms with Crippen molar-refractivity contribution >= 4 is 73.8 Å². The van der Waals surface area contributed by atoms with Crippen molar-refractivity contribution in [3.8, 4) is 0 Å². The van der Waals surface area contributed by atoms with E-state index in [1.54, 1.807) is 0 Å². The normalized spacial score (nSPS) is 13.4. The van der Waals surface area contributed by atoms with Gasteiger partial charge in [-0.15, -0.1) is 0 Å². The van der Waals surface area contributed by atoms with Crippen LogP contribution in [0.5, 0.6) is 0 Å². The molecule has 34 heavy (non-hydrogen) atoms. The van der Waals surface area contributed by atoms with Crippen LogP contribution >= 0.6 is 27.5 Å². The second kappa shape index (κ2) is 8.77. The highest BCUT2D eigenvalue weighted by atomic mass is 79.9. The molecule has 4 aromatic rings. The van der Waals surface area contributed by atoms with Crippen molar-refractivity contribution < 1.29 is 0 Å². The fourth-order valence-electron chi connectivity index (χ4n) is 3.89. The Bertz CT molecular complexity index is 1280. The number of pyridine rings is 3. The van der Waals surface area contributed by atoms with E-state index >= 15 is 0 Å². The second-order valence-electron chi connectivity index (χ2n) is 8.06. The molecule has 0 aliphatic carbocycles. The number of nitrogens with zero attached hydrogens (tertiary/aromatic N) is 7. The Morgan fingerprint density at radius 2 is 0.853 bits per heavy atom. The lowest BCUT2D eigenvalue weighted by atomic mass is 10.2. The van der Waals surface area contributed by atoms with E-state index in [9.17, 15) is 0 Å². The first-order chi connectivity index (χ1) is 16.3. The molecule has 1 aliphatic heterocycles. The molecule has 7 nitrogen and oxygen atoms in total. The maximum Gasteiger partial charge on any atom is 0.136 e. The average Bonchev–Trinajstić information content (AvgIpc) is 2.87. The van der Waals surface area contributed by atoms with Gasteiger partial charge >= 0.3 is 0 Å². The topological polar surface area (TPSA) is 51.6 Å². The summed E-state index contributed by atoms with van der Waals surface area (Å²) in [6.07, 6.45) is 0. The van der Waals surface area contributed by atoms with Crippen LogP contribution in [0.25, 0.3) is 0 Å². The van der Waals surface area contributed by atoms with Crippen molar-refractivity contribution in [3.63, 3.8) is 0 Å². The number of anilines is 8. The summed E-state index contributed by atoms with van der Waals surface area (Å²) in [5, 5.41) is 0.605. The molecular weight excluding hydrogens is 514 g/mol. The van der Waals surface area contributed by atoms with E-state index in [2.05, 4.69) is 15.9 Å². The Kier molecular flexibility index (Phi) is 5.79. The molecule has 0 radical (unpaired) electrons. The van der Waals surface area contributed by atoms with Gasteiger partial charge in [-0.1, -0.05) is 45.7 Å². The zero-order chi connectivity index (χ0) is 24.0. The summed E-state index contributed by atoms with van der Waals surface area (Å²) in [4.78, 5) is 22.6. The summed E-state index contributed by atoms with van der Waals surface area (Å²) in [5.41, 5.74) is 1.65. The molecule has 9 heteroatoms. The quantitative estimate of drug-likeness (QED) is 0.249. The highest BCUT2D eigenvalue weighted by Gasteiger charge is 2.20. The van der Waals surface area contributed by atoms with Crippen LogP contribution in [0.15, 0.2) is 71.2 Å². The second-order valence-corrected chi connectivity index (χ2v) is 9.35. The molecule has 1 aliphatic rings. The summed E-state index contributed by atoms with van der Waals surface area (Å²) < 4.78 is 0.905. The molecule has 0 unspecified atom stereocenters. The van der Waals surface area contributed by atoms with E-state index < -0.39 is 0 Å². The minimum absolute atomic E-state index is 0.605. The number of aromatic nitrogens is 3. The molecule has 0 fully saturated rings. The number of rotatable bonds is 0. The number of benzene rings is 1. The lowest BCUT2D eigenvalue weighted by Gasteiger charge is -2.28. The van der Waals surface area contributed by atoms with Crippen LogP contribution in [-0.4, -0.2) is 43.1 Å². The molecule has 4 heterocycles. The fourth-order valence-corrected chi connectivity index (χ4v) is 4.68. The van der Waals surface area contributed by atoms with Gasteiger partial charge in [0.1, 0.15) is 34.9 Å². The summed E-state index contributed by atoms with van der Waals surface area (Å²) in [5.74, 6) is 4.62. The minimum Gasteiger partial charge on any atom is -0.328 e. The van der Waals surface area contributed by atoms with E-state index in [0.29, 0.717) is 5.02 Å². The third kappa shape index (κ3) is 3.93. The Morgan fingerprint density at radius 3 is 1.18 bits per heavy atom. The molecule has 0 N–H and O–H groups in total. The van der Waals surface area contributed by atoms with Gasteiger partial charge in [0.05, 0.1) is 16.4 Å². The Hall–Kier alpha value is -3.36. The summed E-state index contributed by atoms with van der Waals surface area (Å²) >= 11 is 10.6. The smallest absolute Gasteiger partial charge is 0.136 e. The largest absolute Gasteiger partial charge is 0.328 e. The molecule has 5 rings (SSSR count). The lowest BCUT2D eigenvalue weighted by Crippen LogP contribution is -2.20. The van der Waals surface area contributed by atoms with E-state index in [0.717, 1.165) is 50.8 Å². The Labute approximate surface area is 212 Å². The first kappa shape index (κ1) is 22.4. The molecule has 0 atom stereocenters. The van der Waals surface area contributed by atoms with E-state index in [1.165, 1.54) is 0 Å². The van der Waals surface area contributed by atoms with Crippen molar-refractivity contribution in [2.75, 3.05) is 47.8 Å². The van der Waals surface area contributed by atoms with Crippen molar-refractivity contribution in [1.29, 1.82) is 0 Å². The number of fused-ring (bicyclic) bond motifs is 8. The zero-order valence-electron chi connectivity index (χ0n) is 19.2. The van der Waals surface area contributed by atoms with Gasteiger partial charge in [0, 0.05) is 32.7 Å². The first-order valence-corrected chi connectivity index (χ1v) is 11.9.